The van der Waals surface area contributed by atoms with Crippen molar-refractivity contribution in [3.8, 4) is 5.75 Å². The monoisotopic (exact) mass is 375 g/mol. The standard InChI is InChI=1S/C16H17N5O4S/c1-25-14-8-4-11(5-9-14)17-10-15(22)19-20-16(26)18-12-2-6-13(7-3-12)21(23)24/h2-9,17H,10H2,1H3,(H,19,22)(H2,18,20,26). The first-order valence-electron chi connectivity index (χ1n) is 7.46. The Morgan fingerprint density at radius 1 is 1.08 bits per heavy atom. The molecule has 2 aromatic rings. The van der Waals surface area contributed by atoms with Crippen molar-refractivity contribution in [2.24, 2.45) is 0 Å². The summed E-state index contributed by atoms with van der Waals surface area (Å²) in [7, 11) is 1.58. The molecule has 0 fully saturated rings. The quantitative estimate of drug-likeness (QED) is 0.344. The third kappa shape index (κ3) is 5.91. The first-order valence-corrected chi connectivity index (χ1v) is 7.87. The summed E-state index contributed by atoms with van der Waals surface area (Å²) in [6.45, 7) is 0.0411. The van der Waals surface area contributed by atoms with Gasteiger partial charge in [-0.3, -0.25) is 25.8 Å². The van der Waals surface area contributed by atoms with Crippen LogP contribution in [0.15, 0.2) is 48.5 Å². The molecule has 0 saturated heterocycles. The normalized spacial score (nSPS) is 9.73. The maximum Gasteiger partial charge on any atom is 0.269 e. The molecule has 0 aromatic heterocycles. The fourth-order valence-electron chi connectivity index (χ4n) is 1.89. The molecule has 10 heteroatoms. The van der Waals surface area contributed by atoms with Gasteiger partial charge in [0, 0.05) is 23.5 Å². The molecule has 0 aliphatic carbocycles. The molecule has 0 heterocycles. The maximum atomic E-state index is 11.8. The zero-order valence-electron chi connectivity index (χ0n) is 13.8. The Bertz CT molecular complexity index is 780. The number of hydrazine groups is 1. The van der Waals surface area contributed by atoms with Crippen molar-refractivity contribution in [3.05, 3.63) is 58.6 Å². The van der Waals surface area contributed by atoms with Crippen molar-refractivity contribution in [2.75, 3.05) is 24.3 Å². The second-order valence-corrected chi connectivity index (χ2v) is 5.42. The number of nitro groups is 1. The molecule has 9 nitrogen and oxygen atoms in total. The predicted molar refractivity (Wildman–Crippen MR) is 102 cm³/mol. The number of nitro benzene ring substituents is 1. The van der Waals surface area contributed by atoms with E-state index in [0.717, 1.165) is 11.4 Å². The second-order valence-electron chi connectivity index (χ2n) is 5.01. The zero-order valence-corrected chi connectivity index (χ0v) is 14.6. The van der Waals surface area contributed by atoms with E-state index in [1.54, 1.807) is 31.4 Å². The van der Waals surface area contributed by atoms with E-state index in [9.17, 15) is 14.9 Å². The number of amides is 1. The number of benzene rings is 2. The van der Waals surface area contributed by atoms with E-state index in [0.29, 0.717) is 5.69 Å². The molecule has 26 heavy (non-hydrogen) atoms. The molecule has 0 radical (unpaired) electrons. The summed E-state index contributed by atoms with van der Waals surface area (Å²) in [6, 6.07) is 12.9. The van der Waals surface area contributed by atoms with Crippen LogP contribution in [-0.4, -0.2) is 29.6 Å². The lowest BCUT2D eigenvalue weighted by Gasteiger charge is -2.12. The Balaban J connectivity index is 1.72. The minimum absolute atomic E-state index is 0.0210. The van der Waals surface area contributed by atoms with Gasteiger partial charge in [-0.1, -0.05) is 0 Å². The number of hydrogen-bond donors (Lipinski definition) is 4. The van der Waals surface area contributed by atoms with Gasteiger partial charge >= 0.3 is 0 Å². The molecule has 2 rings (SSSR count). The summed E-state index contributed by atoms with van der Waals surface area (Å²) in [5, 5.41) is 16.5. The van der Waals surface area contributed by atoms with Gasteiger partial charge in [-0.25, -0.2) is 0 Å². The largest absolute Gasteiger partial charge is 0.497 e. The lowest BCUT2D eigenvalue weighted by atomic mass is 10.3. The smallest absolute Gasteiger partial charge is 0.269 e. The lowest BCUT2D eigenvalue weighted by molar-refractivity contribution is -0.384. The number of methoxy groups -OCH3 is 1. The highest BCUT2D eigenvalue weighted by atomic mass is 32.1. The van der Waals surface area contributed by atoms with Crippen LogP contribution in [0.3, 0.4) is 0 Å². The van der Waals surface area contributed by atoms with Gasteiger partial charge < -0.3 is 15.4 Å². The summed E-state index contributed by atoms with van der Waals surface area (Å²) in [6.07, 6.45) is 0. The third-order valence-corrected chi connectivity index (χ3v) is 3.40. The van der Waals surface area contributed by atoms with Crippen molar-refractivity contribution < 1.29 is 14.5 Å². The van der Waals surface area contributed by atoms with E-state index in [1.807, 2.05) is 0 Å². The molecule has 0 atom stereocenters. The molecular formula is C16H17N5O4S. The van der Waals surface area contributed by atoms with E-state index in [4.69, 9.17) is 17.0 Å². The van der Waals surface area contributed by atoms with Crippen LogP contribution in [0.2, 0.25) is 0 Å². The molecule has 136 valence electrons. The van der Waals surface area contributed by atoms with Gasteiger partial charge in [0.1, 0.15) is 5.75 Å². The number of ether oxygens (including phenoxy) is 1. The maximum absolute atomic E-state index is 11.8. The number of anilines is 2. The van der Waals surface area contributed by atoms with Crippen LogP contribution in [0.25, 0.3) is 0 Å². The van der Waals surface area contributed by atoms with Crippen LogP contribution < -0.4 is 26.2 Å². The van der Waals surface area contributed by atoms with Gasteiger partial charge in [0.15, 0.2) is 5.11 Å². The number of rotatable bonds is 6. The van der Waals surface area contributed by atoms with Crippen LogP contribution in [0.5, 0.6) is 5.75 Å². The summed E-state index contributed by atoms with van der Waals surface area (Å²) in [5.41, 5.74) is 6.29. The molecule has 0 unspecified atom stereocenters. The molecule has 0 aliphatic rings. The van der Waals surface area contributed by atoms with Crippen LogP contribution in [0.4, 0.5) is 17.1 Å². The summed E-state index contributed by atoms with van der Waals surface area (Å²) >= 11 is 5.04. The predicted octanol–water partition coefficient (Wildman–Crippen LogP) is 2.03. The highest BCUT2D eigenvalue weighted by molar-refractivity contribution is 7.80. The average Bonchev–Trinajstić information content (AvgIpc) is 2.65. The van der Waals surface area contributed by atoms with Crippen molar-refractivity contribution >= 4 is 40.3 Å². The average molecular weight is 375 g/mol. The molecule has 4 N–H and O–H groups in total. The molecule has 0 aliphatic heterocycles. The Labute approximate surface area is 154 Å². The first-order chi connectivity index (χ1) is 12.5. The number of hydrogen-bond acceptors (Lipinski definition) is 6. The highest BCUT2D eigenvalue weighted by Gasteiger charge is 2.06. The fraction of sp³-hybridized carbons (Fsp3) is 0.125. The minimum Gasteiger partial charge on any atom is -0.497 e. The van der Waals surface area contributed by atoms with Crippen molar-refractivity contribution in [3.63, 3.8) is 0 Å². The number of nitrogens with one attached hydrogen (secondary N) is 4. The number of nitrogens with zero attached hydrogens (tertiary/aromatic N) is 1. The number of carbonyl (C=O) groups excluding carboxylic acids is 1. The lowest BCUT2D eigenvalue weighted by Crippen LogP contribution is -2.45. The van der Waals surface area contributed by atoms with Gasteiger partial charge in [0.2, 0.25) is 0 Å². The van der Waals surface area contributed by atoms with Crippen LogP contribution >= 0.6 is 12.2 Å². The summed E-state index contributed by atoms with van der Waals surface area (Å²) in [5.74, 6) is 0.401. The molecular weight excluding hydrogens is 358 g/mol. The van der Waals surface area contributed by atoms with Crippen LogP contribution in [-0.2, 0) is 4.79 Å². The highest BCUT2D eigenvalue weighted by Crippen LogP contribution is 2.15. The molecule has 0 bridgehead atoms. The Hall–Kier alpha value is -3.40. The van der Waals surface area contributed by atoms with Gasteiger partial charge in [0.25, 0.3) is 11.6 Å². The van der Waals surface area contributed by atoms with Gasteiger partial charge in [-0.05, 0) is 48.6 Å². The summed E-state index contributed by atoms with van der Waals surface area (Å²) in [4.78, 5) is 21.9. The molecule has 1 amide bonds. The van der Waals surface area contributed by atoms with Crippen molar-refractivity contribution in [2.45, 2.75) is 0 Å². The Morgan fingerprint density at radius 3 is 2.27 bits per heavy atom. The Morgan fingerprint density at radius 2 is 1.69 bits per heavy atom. The van der Waals surface area contributed by atoms with Crippen LogP contribution in [0.1, 0.15) is 0 Å². The van der Waals surface area contributed by atoms with E-state index in [-0.39, 0.29) is 23.3 Å². The van der Waals surface area contributed by atoms with Gasteiger partial charge in [0.05, 0.1) is 18.6 Å². The SMILES string of the molecule is COc1ccc(NCC(=O)NNC(=S)Nc2ccc([N+](=O)[O-])cc2)cc1. The summed E-state index contributed by atoms with van der Waals surface area (Å²) < 4.78 is 5.06. The Kier molecular flexibility index (Phi) is 6.68. The van der Waals surface area contributed by atoms with E-state index in [2.05, 4.69) is 21.5 Å². The fourth-order valence-corrected chi connectivity index (χ4v) is 2.06. The van der Waals surface area contributed by atoms with Crippen molar-refractivity contribution in [1.29, 1.82) is 0 Å². The molecule has 0 spiro atoms. The van der Waals surface area contributed by atoms with E-state index >= 15 is 0 Å². The van der Waals surface area contributed by atoms with Gasteiger partial charge in [-0.15, -0.1) is 0 Å². The topological polar surface area (TPSA) is 118 Å². The van der Waals surface area contributed by atoms with Crippen LogP contribution in [0, 0.1) is 10.1 Å². The zero-order chi connectivity index (χ0) is 18.9. The van der Waals surface area contributed by atoms with E-state index in [1.165, 1.54) is 24.3 Å². The molecule has 0 saturated carbocycles. The molecule has 2 aromatic carbocycles. The number of carbonyl (C=O) groups is 1. The number of thiocarbonyl (C=S) groups is 1. The van der Waals surface area contributed by atoms with Crippen molar-refractivity contribution in [1.82, 2.24) is 10.9 Å². The second kappa shape index (κ2) is 9.18. The minimum atomic E-state index is -0.490. The third-order valence-electron chi connectivity index (χ3n) is 3.19. The van der Waals surface area contributed by atoms with Gasteiger partial charge in [-0.2, -0.15) is 0 Å². The van der Waals surface area contributed by atoms with E-state index < -0.39 is 4.92 Å². The first kappa shape index (κ1) is 18.9. The number of non-ortho nitro benzene ring substituents is 1.